The van der Waals surface area contributed by atoms with Gasteiger partial charge < -0.3 is 28.6 Å². The summed E-state index contributed by atoms with van der Waals surface area (Å²) in [5.41, 5.74) is 7.50. The van der Waals surface area contributed by atoms with E-state index in [4.69, 9.17) is 20.4 Å². The molecule has 0 aliphatic carbocycles. The van der Waals surface area contributed by atoms with E-state index < -0.39 is 0 Å². The third-order valence-corrected chi connectivity index (χ3v) is 7.46. The molecule has 1 saturated heterocycles. The van der Waals surface area contributed by atoms with Crippen molar-refractivity contribution >= 4 is 34.6 Å². The number of aromatic nitrogens is 1. The number of hydrogen-bond donors (Lipinski definition) is 2. The molecule has 1 aromatic heterocycles. The van der Waals surface area contributed by atoms with Crippen molar-refractivity contribution in [3.8, 4) is 23.8 Å². The van der Waals surface area contributed by atoms with Crippen molar-refractivity contribution in [3.63, 3.8) is 0 Å². The van der Waals surface area contributed by atoms with Crippen molar-refractivity contribution in [1.82, 2.24) is 20.5 Å². The van der Waals surface area contributed by atoms with Gasteiger partial charge in [-0.05, 0) is 71.7 Å². The van der Waals surface area contributed by atoms with Crippen LogP contribution >= 0.6 is 11.9 Å². The van der Waals surface area contributed by atoms with Gasteiger partial charge in [-0.25, -0.2) is 5.43 Å². The van der Waals surface area contributed by atoms with Gasteiger partial charge in [0.25, 0.3) is 5.91 Å². The Balaban J connectivity index is 1.33. The number of amides is 1. The third-order valence-electron chi connectivity index (χ3n) is 6.63. The number of hydrazine groups is 1. The number of likely N-dealkylation sites (tertiary alicyclic amines) is 1. The summed E-state index contributed by atoms with van der Waals surface area (Å²) in [4.78, 5) is 14.6. The van der Waals surface area contributed by atoms with Gasteiger partial charge in [0.1, 0.15) is 16.9 Å². The average Bonchev–Trinajstić information content (AvgIpc) is 3.53. The number of methoxy groups -OCH3 is 2. The number of benzene rings is 2. The van der Waals surface area contributed by atoms with Gasteiger partial charge in [0.2, 0.25) is 0 Å². The maximum Gasteiger partial charge on any atom is 0.298 e. The Kier molecular flexibility index (Phi) is 7.17. The Labute approximate surface area is 220 Å². The number of piperidine rings is 1. The minimum absolute atomic E-state index is 0.203. The fourth-order valence-electron chi connectivity index (χ4n) is 4.68. The van der Waals surface area contributed by atoms with Crippen LogP contribution in [0, 0.1) is 12.3 Å². The van der Waals surface area contributed by atoms with Gasteiger partial charge in [-0.1, -0.05) is 18.1 Å². The molecule has 1 atom stereocenters. The maximum atomic E-state index is 11.9. The van der Waals surface area contributed by atoms with Crippen molar-refractivity contribution in [1.29, 1.82) is 0 Å². The summed E-state index contributed by atoms with van der Waals surface area (Å²) in [7, 11) is 3.30. The molecule has 0 spiro atoms. The minimum atomic E-state index is -0.266. The van der Waals surface area contributed by atoms with Crippen molar-refractivity contribution < 1.29 is 18.8 Å². The molecular weight excluding hydrogens is 490 g/mol. The van der Waals surface area contributed by atoms with Crippen LogP contribution in [0.1, 0.15) is 24.5 Å². The topological polar surface area (TPSA) is 92.1 Å². The Morgan fingerprint density at radius 2 is 2.11 bits per heavy atom. The summed E-state index contributed by atoms with van der Waals surface area (Å²) >= 11 is 1.42. The fourth-order valence-corrected chi connectivity index (χ4v) is 5.49. The Hall–Kier alpha value is -3.81. The number of ether oxygens (including phenoxy) is 2. The number of carbonyl (C=O) groups excluding carboxylic acids is 1. The predicted octanol–water partition coefficient (Wildman–Crippen LogP) is 3.96. The second-order valence-electron chi connectivity index (χ2n) is 8.92. The molecule has 9 nitrogen and oxygen atoms in total. The fraction of sp³-hybridized carbons (Fsp3) is 0.333. The smallest absolute Gasteiger partial charge is 0.298 e. The lowest BCUT2D eigenvalue weighted by Crippen LogP contribution is -2.45. The summed E-state index contributed by atoms with van der Waals surface area (Å²) in [5.74, 6) is 3.98. The Morgan fingerprint density at radius 1 is 1.27 bits per heavy atom. The second kappa shape index (κ2) is 10.7. The lowest BCUT2D eigenvalue weighted by molar-refractivity contribution is -0.125. The third kappa shape index (κ3) is 5.05. The van der Waals surface area contributed by atoms with Crippen molar-refractivity contribution in [2.45, 2.75) is 37.2 Å². The number of aryl methyl sites for hydroxylation is 1. The van der Waals surface area contributed by atoms with E-state index in [0.29, 0.717) is 36.8 Å². The molecule has 1 unspecified atom stereocenters. The molecule has 2 aromatic carbocycles. The highest BCUT2D eigenvalue weighted by atomic mass is 32.2. The monoisotopic (exact) mass is 519 g/mol. The molecule has 5 rings (SSSR count). The van der Waals surface area contributed by atoms with Crippen LogP contribution in [-0.2, 0) is 17.8 Å². The molecule has 1 amide bonds. The zero-order valence-electron chi connectivity index (χ0n) is 21.0. The summed E-state index contributed by atoms with van der Waals surface area (Å²) in [6.07, 6.45) is 9.10. The van der Waals surface area contributed by atoms with Crippen LogP contribution < -0.4 is 19.6 Å². The largest absolute Gasteiger partial charge is 0.496 e. The van der Waals surface area contributed by atoms with Crippen LogP contribution in [0.5, 0.6) is 11.5 Å². The zero-order valence-corrected chi connectivity index (χ0v) is 21.9. The van der Waals surface area contributed by atoms with E-state index in [9.17, 15) is 4.79 Å². The molecule has 0 saturated carbocycles. The van der Waals surface area contributed by atoms with Crippen LogP contribution in [0.3, 0.4) is 0 Å². The van der Waals surface area contributed by atoms with Crippen LogP contribution in [-0.4, -0.2) is 54.3 Å². The lowest BCUT2D eigenvalue weighted by atomic mass is 10.0. The van der Waals surface area contributed by atoms with Gasteiger partial charge in [-0.15, -0.1) is 6.42 Å². The van der Waals surface area contributed by atoms with Crippen LogP contribution in [0.4, 0.5) is 5.82 Å². The highest BCUT2D eigenvalue weighted by Crippen LogP contribution is 2.38. The lowest BCUT2D eigenvalue weighted by Gasteiger charge is -2.30. The van der Waals surface area contributed by atoms with Gasteiger partial charge >= 0.3 is 0 Å². The number of terminal acetylenes is 1. The minimum Gasteiger partial charge on any atom is -0.496 e. The number of rotatable bonds is 8. The first-order valence-electron chi connectivity index (χ1n) is 12.1. The number of anilines is 1. The van der Waals surface area contributed by atoms with Gasteiger partial charge in [-0.2, -0.15) is 0 Å². The van der Waals surface area contributed by atoms with E-state index in [0.717, 1.165) is 40.0 Å². The first kappa shape index (κ1) is 24.9. The van der Waals surface area contributed by atoms with Crippen molar-refractivity contribution in [2.75, 3.05) is 32.0 Å². The first-order chi connectivity index (χ1) is 18.0. The van der Waals surface area contributed by atoms with Gasteiger partial charge in [0, 0.05) is 19.3 Å². The molecule has 1 fully saturated rings. The number of nitrogens with one attached hydrogen (secondary N) is 2. The summed E-state index contributed by atoms with van der Waals surface area (Å²) in [5, 5.41) is 7.06. The van der Waals surface area contributed by atoms with Crippen molar-refractivity contribution in [2.24, 2.45) is 0 Å². The molecule has 0 bridgehead atoms. The van der Waals surface area contributed by atoms with Gasteiger partial charge in [-0.3, -0.25) is 4.79 Å². The molecule has 37 heavy (non-hydrogen) atoms. The molecule has 2 aliphatic heterocycles. The highest BCUT2D eigenvalue weighted by Gasteiger charge is 2.31. The maximum absolute atomic E-state index is 11.9. The van der Waals surface area contributed by atoms with E-state index in [2.05, 4.69) is 46.5 Å². The highest BCUT2D eigenvalue weighted by molar-refractivity contribution is 8.00. The number of carbonyl (C=O) groups is 1. The van der Waals surface area contributed by atoms with Gasteiger partial charge in [0.15, 0.2) is 11.4 Å². The van der Waals surface area contributed by atoms with Crippen LogP contribution in [0.2, 0.25) is 0 Å². The van der Waals surface area contributed by atoms with E-state index in [1.165, 1.54) is 17.5 Å². The number of hydrogen-bond acceptors (Lipinski definition) is 9. The van der Waals surface area contributed by atoms with Crippen LogP contribution in [0.15, 0.2) is 51.5 Å². The van der Waals surface area contributed by atoms with Crippen molar-refractivity contribution in [3.05, 3.63) is 53.2 Å². The standard InChI is InChI=1S/C27H29N5O4S/c1-5-17-7-8-21(34-3)24(13-17)37-30-27-26-22(35-4)11-18(12-23(26)36-29-27)14-32-16-19-15-31(25(33)6-2)10-9-20(19)28-32/h2,7-8,11-13,16,20,28H,5,9-10,14-15H2,1,3-4H3,(H,29,30). The zero-order chi connectivity index (χ0) is 25.9. The molecule has 2 N–H and O–H groups in total. The number of fused-ring (bicyclic) bond motifs is 2. The molecule has 2 aliphatic rings. The molecular formula is C27H29N5O4S. The molecule has 192 valence electrons. The van der Waals surface area contributed by atoms with E-state index >= 15 is 0 Å². The summed E-state index contributed by atoms with van der Waals surface area (Å²) in [6, 6.07) is 10.3. The Bertz CT molecular complexity index is 1400. The quantitative estimate of drug-likeness (QED) is 0.339. The van der Waals surface area contributed by atoms with E-state index in [1.807, 2.05) is 23.2 Å². The molecule has 10 heteroatoms. The molecule has 3 aromatic rings. The summed E-state index contributed by atoms with van der Waals surface area (Å²) in [6.45, 7) is 3.90. The van der Waals surface area contributed by atoms with Gasteiger partial charge in [0.05, 0.1) is 31.7 Å². The molecule has 3 heterocycles. The Morgan fingerprint density at radius 3 is 2.86 bits per heavy atom. The number of nitrogens with zero attached hydrogens (tertiary/aromatic N) is 3. The van der Waals surface area contributed by atoms with E-state index in [1.54, 1.807) is 19.1 Å². The first-order valence-corrected chi connectivity index (χ1v) is 12.9. The summed E-state index contributed by atoms with van der Waals surface area (Å²) < 4.78 is 20.2. The van der Waals surface area contributed by atoms with Crippen LogP contribution in [0.25, 0.3) is 11.0 Å². The normalized spacial score (nSPS) is 16.8. The second-order valence-corrected chi connectivity index (χ2v) is 9.77. The van der Waals surface area contributed by atoms with E-state index in [-0.39, 0.29) is 11.9 Å². The SMILES string of the molecule is C#CC(=O)N1CCC2NN(Cc3cc(OC)c4c(NSc5cc(CC)ccc5OC)noc4c3)C=C2C1. The average molecular weight is 520 g/mol. The predicted molar refractivity (Wildman–Crippen MR) is 143 cm³/mol. The molecule has 0 radical (unpaired) electrons.